The van der Waals surface area contributed by atoms with Gasteiger partial charge in [0.15, 0.2) is 0 Å². The molecular weight excluding hydrogens is 198 g/mol. The van der Waals surface area contributed by atoms with E-state index in [-0.39, 0.29) is 6.10 Å². The van der Waals surface area contributed by atoms with Crippen LogP contribution < -0.4 is 0 Å². The molecule has 0 aliphatic carbocycles. The Bertz CT molecular complexity index is 497. The molecule has 0 spiro atoms. The van der Waals surface area contributed by atoms with Crippen LogP contribution in [-0.2, 0) is 13.0 Å². The molecule has 0 radical (unpaired) electrons. The van der Waals surface area contributed by atoms with E-state index >= 15 is 0 Å². The molecule has 0 amide bonds. The number of aryl methyl sites for hydroxylation is 2. The fourth-order valence-corrected chi connectivity index (χ4v) is 2.33. The minimum absolute atomic E-state index is 0.274. The zero-order valence-corrected chi connectivity index (χ0v) is 10.2. The lowest BCUT2D eigenvalue weighted by Crippen LogP contribution is -2.04. The zero-order valence-electron chi connectivity index (χ0n) is 10.2. The van der Waals surface area contributed by atoms with E-state index < -0.39 is 0 Å². The number of hydrogen-bond acceptors (Lipinski definition) is 1. The number of nitrogens with zero attached hydrogens (tertiary/aromatic N) is 1. The van der Waals surface area contributed by atoms with Gasteiger partial charge in [-0.25, -0.2) is 0 Å². The summed E-state index contributed by atoms with van der Waals surface area (Å²) in [6.45, 7) is 7.12. The molecule has 1 heterocycles. The predicted octanol–water partition coefficient (Wildman–Crippen LogP) is 2.89. The van der Waals surface area contributed by atoms with Gasteiger partial charge in [0.25, 0.3) is 0 Å². The quantitative estimate of drug-likeness (QED) is 0.840. The number of benzene rings is 1. The van der Waals surface area contributed by atoms with Crippen molar-refractivity contribution in [3.63, 3.8) is 0 Å². The second-order valence-corrected chi connectivity index (χ2v) is 4.48. The minimum atomic E-state index is -0.274. The maximum atomic E-state index is 9.40. The van der Waals surface area contributed by atoms with Crippen molar-refractivity contribution in [2.75, 3.05) is 0 Å². The summed E-state index contributed by atoms with van der Waals surface area (Å²) in [5.41, 5.74) is 3.78. The van der Waals surface area contributed by atoms with E-state index in [1.165, 1.54) is 22.2 Å². The average molecular weight is 217 g/mol. The number of aromatic nitrogens is 1. The fourth-order valence-electron chi connectivity index (χ4n) is 2.33. The molecule has 2 heteroatoms. The predicted molar refractivity (Wildman–Crippen MR) is 67.7 cm³/mol. The first kappa shape index (κ1) is 11.2. The van der Waals surface area contributed by atoms with E-state index in [1.807, 2.05) is 6.92 Å². The van der Waals surface area contributed by atoms with E-state index in [2.05, 4.69) is 42.7 Å². The Morgan fingerprint density at radius 2 is 2.06 bits per heavy atom. The highest BCUT2D eigenvalue weighted by atomic mass is 16.3. The topological polar surface area (TPSA) is 25.2 Å². The first-order chi connectivity index (χ1) is 7.61. The summed E-state index contributed by atoms with van der Waals surface area (Å²) in [7, 11) is 0. The summed E-state index contributed by atoms with van der Waals surface area (Å²) in [4.78, 5) is 0. The Hall–Kier alpha value is -1.28. The molecule has 2 aromatic rings. The van der Waals surface area contributed by atoms with E-state index in [0.717, 1.165) is 13.0 Å². The van der Waals surface area contributed by atoms with Crippen LogP contribution in [0, 0.1) is 6.92 Å². The summed E-state index contributed by atoms with van der Waals surface area (Å²) >= 11 is 0. The van der Waals surface area contributed by atoms with Gasteiger partial charge in [-0.2, -0.15) is 0 Å². The van der Waals surface area contributed by atoms with Gasteiger partial charge in [0.1, 0.15) is 0 Å². The van der Waals surface area contributed by atoms with Gasteiger partial charge in [0, 0.05) is 17.8 Å². The number of hydrogen-bond donors (Lipinski definition) is 1. The maximum absolute atomic E-state index is 9.40. The molecule has 0 aliphatic rings. The molecule has 0 saturated carbocycles. The van der Waals surface area contributed by atoms with Crippen LogP contribution in [0.1, 0.15) is 25.1 Å². The molecule has 1 aromatic carbocycles. The lowest BCUT2D eigenvalue weighted by Gasteiger charge is -2.07. The SMILES string of the molecule is CCn1c(C)cc2ccc(CC(C)O)cc21. The molecule has 0 saturated heterocycles. The first-order valence-corrected chi connectivity index (χ1v) is 5.88. The third-order valence-electron chi connectivity index (χ3n) is 3.02. The first-order valence-electron chi connectivity index (χ1n) is 5.88. The highest BCUT2D eigenvalue weighted by molar-refractivity contribution is 5.82. The van der Waals surface area contributed by atoms with Gasteiger partial charge in [0.05, 0.1) is 6.10 Å². The summed E-state index contributed by atoms with van der Waals surface area (Å²) in [6.07, 6.45) is 0.452. The Morgan fingerprint density at radius 1 is 1.31 bits per heavy atom. The Balaban J connectivity index is 2.50. The van der Waals surface area contributed by atoms with Crippen molar-refractivity contribution >= 4 is 10.9 Å². The molecule has 0 bridgehead atoms. The summed E-state index contributed by atoms with van der Waals surface area (Å²) in [5.74, 6) is 0. The van der Waals surface area contributed by atoms with Crippen LogP contribution in [0.3, 0.4) is 0 Å². The van der Waals surface area contributed by atoms with Gasteiger partial charge in [0.2, 0.25) is 0 Å². The normalized spacial score (nSPS) is 13.2. The zero-order chi connectivity index (χ0) is 11.7. The smallest absolute Gasteiger partial charge is 0.0552 e. The molecule has 2 rings (SSSR count). The van der Waals surface area contributed by atoms with Crippen LogP contribution in [0.4, 0.5) is 0 Å². The van der Waals surface area contributed by atoms with Crippen molar-refractivity contribution in [1.82, 2.24) is 4.57 Å². The lowest BCUT2D eigenvalue weighted by molar-refractivity contribution is 0.195. The van der Waals surface area contributed by atoms with Crippen molar-refractivity contribution in [3.05, 3.63) is 35.5 Å². The van der Waals surface area contributed by atoms with Crippen LogP contribution in [0.25, 0.3) is 10.9 Å². The fraction of sp³-hybridized carbons (Fsp3) is 0.429. The van der Waals surface area contributed by atoms with Crippen molar-refractivity contribution < 1.29 is 5.11 Å². The minimum Gasteiger partial charge on any atom is -0.393 e. The molecule has 2 nitrogen and oxygen atoms in total. The van der Waals surface area contributed by atoms with Crippen LogP contribution in [-0.4, -0.2) is 15.8 Å². The van der Waals surface area contributed by atoms with Crippen LogP contribution >= 0.6 is 0 Å². The molecule has 1 unspecified atom stereocenters. The van der Waals surface area contributed by atoms with Crippen molar-refractivity contribution in [2.45, 2.75) is 39.8 Å². The molecular formula is C14H19NO. The van der Waals surface area contributed by atoms with Gasteiger partial charge < -0.3 is 9.67 Å². The van der Waals surface area contributed by atoms with E-state index in [0.29, 0.717) is 0 Å². The lowest BCUT2D eigenvalue weighted by atomic mass is 10.1. The molecule has 86 valence electrons. The van der Waals surface area contributed by atoms with Crippen LogP contribution in [0.15, 0.2) is 24.3 Å². The molecule has 1 atom stereocenters. The highest BCUT2D eigenvalue weighted by Gasteiger charge is 2.06. The van der Waals surface area contributed by atoms with Gasteiger partial charge in [-0.15, -0.1) is 0 Å². The second-order valence-electron chi connectivity index (χ2n) is 4.48. The van der Waals surface area contributed by atoms with Gasteiger partial charge >= 0.3 is 0 Å². The third kappa shape index (κ3) is 1.98. The Morgan fingerprint density at radius 3 is 2.69 bits per heavy atom. The summed E-state index contributed by atoms with van der Waals surface area (Å²) in [5, 5.41) is 10.7. The largest absolute Gasteiger partial charge is 0.393 e. The van der Waals surface area contributed by atoms with Crippen molar-refractivity contribution in [2.24, 2.45) is 0 Å². The van der Waals surface area contributed by atoms with Gasteiger partial charge in [-0.1, -0.05) is 12.1 Å². The van der Waals surface area contributed by atoms with Crippen LogP contribution in [0.5, 0.6) is 0 Å². The van der Waals surface area contributed by atoms with E-state index in [9.17, 15) is 5.11 Å². The molecule has 0 fully saturated rings. The van der Waals surface area contributed by atoms with E-state index in [4.69, 9.17) is 0 Å². The number of aliphatic hydroxyl groups excluding tert-OH is 1. The standard InChI is InChI=1S/C14H19NO/c1-4-15-10(2)7-13-6-5-12(8-11(3)16)9-14(13)15/h5-7,9,11,16H,4,8H2,1-3H3. The van der Waals surface area contributed by atoms with Crippen LogP contribution in [0.2, 0.25) is 0 Å². The van der Waals surface area contributed by atoms with Crippen molar-refractivity contribution in [1.29, 1.82) is 0 Å². The Kier molecular flexibility index (Phi) is 3.01. The molecule has 0 aliphatic heterocycles. The molecule has 1 N–H and O–H groups in total. The summed E-state index contributed by atoms with van der Waals surface area (Å²) < 4.78 is 2.31. The summed E-state index contributed by atoms with van der Waals surface area (Å²) in [6, 6.07) is 8.66. The third-order valence-corrected chi connectivity index (χ3v) is 3.02. The molecule has 16 heavy (non-hydrogen) atoms. The highest BCUT2D eigenvalue weighted by Crippen LogP contribution is 2.21. The molecule has 1 aromatic heterocycles. The number of rotatable bonds is 3. The number of fused-ring (bicyclic) bond motifs is 1. The van der Waals surface area contributed by atoms with E-state index in [1.54, 1.807) is 0 Å². The van der Waals surface area contributed by atoms with Gasteiger partial charge in [-0.05, 0) is 50.3 Å². The number of aliphatic hydroxyl groups is 1. The van der Waals surface area contributed by atoms with Crippen molar-refractivity contribution in [3.8, 4) is 0 Å². The Labute approximate surface area is 96.5 Å². The average Bonchev–Trinajstić information content (AvgIpc) is 2.52. The van der Waals surface area contributed by atoms with Gasteiger partial charge in [-0.3, -0.25) is 0 Å². The second kappa shape index (κ2) is 4.30. The maximum Gasteiger partial charge on any atom is 0.0552 e. The monoisotopic (exact) mass is 217 g/mol.